The van der Waals surface area contributed by atoms with Crippen LogP contribution in [0.3, 0.4) is 0 Å². The lowest BCUT2D eigenvalue weighted by Gasteiger charge is -2.07. The first-order valence-electron chi connectivity index (χ1n) is 4.42. The standard InChI is InChI=1S/C10H8INO5/c11-4-8(13)12-7-2-1-5(9(14)15)3-6(7)10(16)17/h1-3H,4H2,(H,12,13)(H,14,15)(H,16,17). The molecule has 0 unspecified atom stereocenters. The first-order valence-corrected chi connectivity index (χ1v) is 5.94. The zero-order valence-electron chi connectivity index (χ0n) is 8.44. The van der Waals surface area contributed by atoms with Crippen LogP contribution in [0.5, 0.6) is 0 Å². The molecule has 0 spiro atoms. The molecular formula is C10H8INO5. The van der Waals surface area contributed by atoms with Crippen LogP contribution < -0.4 is 5.32 Å². The fourth-order valence-electron chi connectivity index (χ4n) is 1.15. The van der Waals surface area contributed by atoms with Crippen LogP contribution in [0.2, 0.25) is 0 Å². The van der Waals surface area contributed by atoms with Gasteiger partial charge in [0.15, 0.2) is 0 Å². The number of carbonyl (C=O) groups excluding carboxylic acids is 1. The van der Waals surface area contributed by atoms with Gasteiger partial charge in [0.1, 0.15) is 0 Å². The molecular weight excluding hydrogens is 341 g/mol. The average molecular weight is 349 g/mol. The van der Waals surface area contributed by atoms with Crippen molar-refractivity contribution < 1.29 is 24.6 Å². The van der Waals surface area contributed by atoms with Crippen LogP contribution in [-0.4, -0.2) is 32.5 Å². The van der Waals surface area contributed by atoms with Gasteiger partial charge in [0.05, 0.1) is 21.2 Å². The molecule has 0 bridgehead atoms. The molecule has 0 aliphatic rings. The highest BCUT2D eigenvalue weighted by Gasteiger charge is 2.15. The van der Waals surface area contributed by atoms with Crippen molar-refractivity contribution in [3.8, 4) is 0 Å². The smallest absolute Gasteiger partial charge is 0.337 e. The van der Waals surface area contributed by atoms with Crippen molar-refractivity contribution in [2.45, 2.75) is 0 Å². The Morgan fingerprint density at radius 1 is 1.18 bits per heavy atom. The molecule has 0 atom stereocenters. The number of amides is 1. The van der Waals surface area contributed by atoms with Crippen molar-refractivity contribution in [1.29, 1.82) is 0 Å². The number of nitrogens with one attached hydrogen (secondary N) is 1. The summed E-state index contributed by atoms with van der Waals surface area (Å²) in [6.07, 6.45) is 0. The Morgan fingerprint density at radius 2 is 1.82 bits per heavy atom. The average Bonchev–Trinajstić information content (AvgIpc) is 2.28. The molecule has 0 heterocycles. The summed E-state index contributed by atoms with van der Waals surface area (Å²) in [5, 5.41) is 20.0. The van der Waals surface area contributed by atoms with Crippen LogP contribution >= 0.6 is 22.6 Å². The lowest BCUT2D eigenvalue weighted by Crippen LogP contribution is -2.15. The second-order valence-corrected chi connectivity index (χ2v) is 3.82. The Bertz CT molecular complexity index is 486. The van der Waals surface area contributed by atoms with Crippen molar-refractivity contribution in [2.75, 3.05) is 9.74 Å². The number of hydrogen-bond donors (Lipinski definition) is 3. The van der Waals surface area contributed by atoms with E-state index in [1.807, 2.05) is 22.6 Å². The quantitative estimate of drug-likeness (QED) is 0.564. The van der Waals surface area contributed by atoms with Gasteiger partial charge in [-0.05, 0) is 18.2 Å². The van der Waals surface area contributed by atoms with E-state index in [1.165, 1.54) is 12.1 Å². The third-order valence-corrected chi connectivity index (χ3v) is 2.59. The van der Waals surface area contributed by atoms with Crippen molar-refractivity contribution in [3.63, 3.8) is 0 Å². The van der Waals surface area contributed by atoms with Gasteiger partial charge in [0.2, 0.25) is 5.91 Å². The van der Waals surface area contributed by atoms with Crippen LogP contribution in [0.1, 0.15) is 20.7 Å². The van der Waals surface area contributed by atoms with Crippen LogP contribution in [0.25, 0.3) is 0 Å². The van der Waals surface area contributed by atoms with Crippen LogP contribution in [0, 0.1) is 0 Å². The summed E-state index contributed by atoms with van der Waals surface area (Å²) in [5.41, 5.74) is -0.304. The molecule has 0 fully saturated rings. The molecule has 0 aromatic heterocycles. The second-order valence-electron chi connectivity index (χ2n) is 3.05. The fourth-order valence-corrected chi connectivity index (χ4v) is 1.34. The number of halogens is 1. The SMILES string of the molecule is O=C(CI)Nc1ccc(C(=O)O)cc1C(=O)O. The summed E-state index contributed by atoms with van der Waals surface area (Å²) >= 11 is 1.83. The lowest BCUT2D eigenvalue weighted by molar-refractivity contribution is -0.113. The molecule has 0 saturated carbocycles. The molecule has 0 aliphatic heterocycles. The van der Waals surface area contributed by atoms with Crippen molar-refractivity contribution in [3.05, 3.63) is 29.3 Å². The Hall–Kier alpha value is -1.64. The van der Waals surface area contributed by atoms with Gasteiger partial charge in [-0.3, -0.25) is 4.79 Å². The van der Waals surface area contributed by atoms with E-state index < -0.39 is 11.9 Å². The number of carbonyl (C=O) groups is 3. The highest BCUT2D eigenvalue weighted by Crippen LogP contribution is 2.18. The highest BCUT2D eigenvalue weighted by molar-refractivity contribution is 14.1. The normalized spacial score (nSPS) is 9.71. The second kappa shape index (κ2) is 5.62. The summed E-state index contributed by atoms with van der Waals surface area (Å²) < 4.78 is 0.178. The zero-order chi connectivity index (χ0) is 13.0. The molecule has 1 rings (SSSR count). The van der Waals surface area contributed by atoms with Gasteiger partial charge in [-0.15, -0.1) is 0 Å². The molecule has 0 aliphatic carbocycles. The van der Waals surface area contributed by atoms with E-state index in [-0.39, 0.29) is 27.1 Å². The third kappa shape index (κ3) is 3.41. The van der Waals surface area contributed by atoms with Gasteiger partial charge in [-0.25, -0.2) is 9.59 Å². The van der Waals surface area contributed by atoms with Gasteiger partial charge in [0.25, 0.3) is 0 Å². The number of alkyl halides is 1. The van der Waals surface area contributed by atoms with E-state index in [2.05, 4.69) is 5.32 Å². The van der Waals surface area contributed by atoms with Gasteiger partial charge in [-0.1, -0.05) is 22.6 Å². The van der Waals surface area contributed by atoms with Gasteiger partial charge < -0.3 is 15.5 Å². The predicted molar refractivity (Wildman–Crippen MR) is 67.9 cm³/mol. The van der Waals surface area contributed by atoms with Crippen molar-refractivity contribution in [2.24, 2.45) is 0 Å². The maximum atomic E-state index is 11.1. The van der Waals surface area contributed by atoms with Gasteiger partial charge in [0, 0.05) is 0 Å². The van der Waals surface area contributed by atoms with Crippen LogP contribution in [-0.2, 0) is 4.79 Å². The first-order chi connectivity index (χ1) is 7.95. The van der Waals surface area contributed by atoms with E-state index in [9.17, 15) is 14.4 Å². The molecule has 1 amide bonds. The summed E-state index contributed by atoms with van der Waals surface area (Å²) in [7, 11) is 0. The molecule has 1 aromatic rings. The number of carboxylic acids is 2. The Balaban J connectivity index is 3.17. The van der Waals surface area contributed by atoms with E-state index in [0.717, 1.165) is 6.07 Å². The number of benzene rings is 1. The molecule has 0 saturated heterocycles. The van der Waals surface area contributed by atoms with Gasteiger partial charge in [-0.2, -0.15) is 0 Å². The van der Waals surface area contributed by atoms with E-state index in [0.29, 0.717) is 0 Å². The monoisotopic (exact) mass is 349 g/mol. The molecule has 3 N–H and O–H groups in total. The molecule has 6 nitrogen and oxygen atoms in total. The fraction of sp³-hybridized carbons (Fsp3) is 0.100. The van der Waals surface area contributed by atoms with Crippen molar-refractivity contribution in [1.82, 2.24) is 0 Å². The molecule has 17 heavy (non-hydrogen) atoms. The minimum absolute atomic E-state index is 0.0872. The maximum absolute atomic E-state index is 11.1. The first kappa shape index (κ1) is 13.4. The molecule has 1 aromatic carbocycles. The summed E-state index contributed by atoms with van der Waals surface area (Å²) in [6.45, 7) is 0. The lowest BCUT2D eigenvalue weighted by atomic mass is 10.1. The summed E-state index contributed by atoms with van der Waals surface area (Å²) in [5.74, 6) is -2.87. The predicted octanol–water partition coefficient (Wildman–Crippen LogP) is 1.46. The Kier molecular flexibility index (Phi) is 4.44. The number of hydrogen-bond acceptors (Lipinski definition) is 3. The van der Waals surface area contributed by atoms with E-state index in [1.54, 1.807) is 0 Å². The number of rotatable bonds is 4. The van der Waals surface area contributed by atoms with E-state index in [4.69, 9.17) is 10.2 Å². The van der Waals surface area contributed by atoms with Gasteiger partial charge >= 0.3 is 11.9 Å². The van der Waals surface area contributed by atoms with Crippen LogP contribution in [0.4, 0.5) is 5.69 Å². The summed E-state index contributed by atoms with van der Waals surface area (Å²) in [6, 6.07) is 3.50. The molecule has 90 valence electrons. The van der Waals surface area contributed by atoms with E-state index >= 15 is 0 Å². The number of carboxylic acid groups (broad SMARTS) is 2. The zero-order valence-corrected chi connectivity index (χ0v) is 10.6. The number of anilines is 1. The highest BCUT2D eigenvalue weighted by atomic mass is 127. The minimum Gasteiger partial charge on any atom is -0.478 e. The third-order valence-electron chi connectivity index (χ3n) is 1.89. The number of aromatic carboxylic acids is 2. The van der Waals surface area contributed by atoms with Crippen LogP contribution in [0.15, 0.2) is 18.2 Å². The molecule has 0 radical (unpaired) electrons. The molecule has 7 heteroatoms. The topological polar surface area (TPSA) is 104 Å². The Morgan fingerprint density at radius 3 is 2.29 bits per heavy atom. The maximum Gasteiger partial charge on any atom is 0.337 e. The van der Waals surface area contributed by atoms with Crippen molar-refractivity contribution >= 4 is 46.1 Å². The summed E-state index contributed by atoms with van der Waals surface area (Å²) in [4.78, 5) is 32.8. The Labute approximate surface area is 110 Å². The largest absolute Gasteiger partial charge is 0.478 e. The minimum atomic E-state index is -1.29.